The SMILES string of the molecule is CC(=O)c1ccc(NC(=O)Cn2c(SCCc3ccccc3)nc(C)cc2=O)cc1. The number of benzene rings is 2. The summed E-state index contributed by atoms with van der Waals surface area (Å²) in [6.07, 6.45) is 0.837. The summed E-state index contributed by atoms with van der Waals surface area (Å²) in [6, 6.07) is 18.1. The molecule has 3 aromatic rings. The monoisotopic (exact) mass is 421 g/mol. The van der Waals surface area contributed by atoms with Crippen LogP contribution in [0.25, 0.3) is 0 Å². The minimum absolute atomic E-state index is 0.0395. The molecule has 0 aliphatic heterocycles. The molecule has 2 aromatic carbocycles. The summed E-state index contributed by atoms with van der Waals surface area (Å²) in [5.41, 5.74) is 2.71. The fourth-order valence-electron chi connectivity index (χ4n) is 2.89. The van der Waals surface area contributed by atoms with Gasteiger partial charge in [0.2, 0.25) is 5.91 Å². The maximum Gasteiger partial charge on any atom is 0.254 e. The summed E-state index contributed by atoms with van der Waals surface area (Å²) in [5, 5.41) is 3.29. The number of aromatic nitrogens is 2. The fourth-order valence-corrected chi connectivity index (χ4v) is 3.93. The molecule has 0 saturated heterocycles. The number of thioether (sulfide) groups is 1. The Bertz CT molecular complexity index is 1090. The van der Waals surface area contributed by atoms with Gasteiger partial charge in [0.1, 0.15) is 6.54 Å². The molecule has 6 nitrogen and oxygen atoms in total. The average molecular weight is 422 g/mol. The highest BCUT2D eigenvalue weighted by Crippen LogP contribution is 2.17. The smallest absolute Gasteiger partial charge is 0.254 e. The number of aryl methyl sites for hydroxylation is 2. The van der Waals surface area contributed by atoms with E-state index < -0.39 is 0 Å². The van der Waals surface area contributed by atoms with Gasteiger partial charge < -0.3 is 5.32 Å². The van der Waals surface area contributed by atoms with Gasteiger partial charge in [-0.05, 0) is 50.1 Å². The number of anilines is 1. The third-order valence-corrected chi connectivity index (χ3v) is 5.42. The maximum atomic E-state index is 12.5. The molecule has 0 fully saturated rings. The van der Waals surface area contributed by atoms with Gasteiger partial charge in [-0.15, -0.1) is 0 Å². The Hall–Kier alpha value is -3.19. The van der Waals surface area contributed by atoms with Crippen LogP contribution in [-0.4, -0.2) is 27.0 Å². The Kier molecular flexibility index (Phi) is 7.19. The molecule has 154 valence electrons. The summed E-state index contributed by atoms with van der Waals surface area (Å²) in [5.74, 6) is 0.374. The molecule has 0 aliphatic carbocycles. The molecule has 0 saturated carbocycles. The van der Waals surface area contributed by atoms with Crippen molar-refractivity contribution < 1.29 is 9.59 Å². The molecule has 0 atom stereocenters. The van der Waals surface area contributed by atoms with Crippen molar-refractivity contribution in [2.75, 3.05) is 11.1 Å². The number of nitrogens with zero attached hydrogens (tertiary/aromatic N) is 2. The van der Waals surface area contributed by atoms with Crippen molar-refractivity contribution in [3.63, 3.8) is 0 Å². The number of hydrogen-bond donors (Lipinski definition) is 1. The average Bonchev–Trinajstić information content (AvgIpc) is 2.71. The Balaban J connectivity index is 1.68. The van der Waals surface area contributed by atoms with E-state index in [9.17, 15) is 14.4 Å². The third-order valence-electron chi connectivity index (χ3n) is 4.44. The van der Waals surface area contributed by atoms with Crippen molar-refractivity contribution in [1.82, 2.24) is 9.55 Å². The lowest BCUT2D eigenvalue weighted by Gasteiger charge is -2.12. The van der Waals surface area contributed by atoms with Crippen LogP contribution in [0.4, 0.5) is 5.69 Å². The Morgan fingerprint density at radius 3 is 2.43 bits per heavy atom. The molecule has 0 bridgehead atoms. The normalized spacial score (nSPS) is 10.6. The second-order valence-electron chi connectivity index (χ2n) is 6.87. The first-order valence-electron chi connectivity index (χ1n) is 9.58. The van der Waals surface area contributed by atoms with E-state index >= 15 is 0 Å². The lowest BCUT2D eigenvalue weighted by atomic mass is 10.1. The maximum absolute atomic E-state index is 12.5. The van der Waals surface area contributed by atoms with Gasteiger partial charge >= 0.3 is 0 Å². The van der Waals surface area contributed by atoms with Crippen LogP contribution in [-0.2, 0) is 17.8 Å². The Morgan fingerprint density at radius 1 is 1.07 bits per heavy atom. The van der Waals surface area contributed by atoms with Gasteiger partial charge in [-0.2, -0.15) is 0 Å². The first-order chi connectivity index (χ1) is 14.4. The van der Waals surface area contributed by atoms with Crippen LogP contribution in [0.3, 0.4) is 0 Å². The summed E-state index contributed by atoms with van der Waals surface area (Å²) < 4.78 is 1.39. The number of rotatable bonds is 8. The molecule has 3 rings (SSSR count). The molecule has 0 radical (unpaired) electrons. The number of carbonyl (C=O) groups is 2. The zero-order valence-electron chi connectivity index (χ0n) is 16.9. The van der Waals surface area contributed by atoms with E-state index in [0.717, 1.165) is 12.2 Å². The Labute approximate surface area is 179 Å². The molecule has 0 aliphatic rings. The fraction of sp³-hybridized carbons (Fsp3) is 0.217. The zero-order valence-corrected chi connectivity index (χ0v) is 17.7. The van der Waals surface area contributed by atoms with Crippen LogP contribution in [0.15, 0.2) is 70.6 Å². The molecule has 1 amide bonds. The molecule has 1 aromatic heterocycles. The molecule has 7 heteroatoms. The van der Waals surface area contributed by atoms with Crippen molar-refractivity contribution in [2.45, 2.75) is 32.0 Å². The minimum atomic E-state index is -0.330. The van der Waals surface area contributed by atoms with Crippen LogP contribution in [0, 0.1) is 6.92 Å². The zero-order chi connectivity index (χ0) is 21.5. The number of nitrogens with one attached hydrogen (secondary N) is 1. The van der Waals surface area contributed by atoms with Crippen molar-refractivity contribution in [3.8, 4) is 0 Å². The summed E-state index contributed by atoms with van der Waals surface area (Å²) in [4.78, 5) is 40.8. The van der Waals surface area contributed by atoms with E-state index in [1.807, 2.05) is 18.2 Å². The van der Waals surface area contributed by atoms with Gasteiger partial charge in [-0.3, -0.25) is 19.0 Å². The quantitative estimate of drug-likeness (QED) is 0.341. The number of carbonyl (C=O) groups excluding carboxylic acids is 2. The third kappa shape index (κ3) is 5.90. The molecule has 1 N–H and O–H groups in total. The van der Waals surface area contributed by atoms with Gasteiger partial charge in [0, 0.05) is 28.8 Å². The first kappa shape index (κ1) is 21.5. The first-order valence-corrected chi connectivity index (χ1v) is 10.6. The number of amides is 1. The van der Waals surface area contributed by atoms with Crippen LogP contribution in [0.1, 0.15) is 28.5 Å². The van der Waals surface area contributed by atoms with E-state index in [1.165, 1.54) is 34.9 Å². The molecule has 0 spiro atoms. The van der Waals surface area contributed by atoms with E-state index in [0.29, 0.717) is 22.1 Å². The topological polar surface area (TPSA) is 81.1 Å². The van der Waals surface area contributed by atoms with Crippen molar-refractivity contribution in [1.29, 1.82) is 0 Å². The lowest BCUT2D eigenvalue weighted by Crippen LogP contribution is -2.29. The van der Waals surface area contributed by atoms with E-state index in [4.69, 9.17) is 0 Å². The van der Waals surface area contributed by atoms with E-state index in [1.54, 1.807) is 31.2 Å². The van der Waals surface area contributed by atoms with E-state index in [-0.39, 0.29) is 23.8 Å². The van der Waals surface area contributed by atoms with Gasteiger partial charge in [-0.1, -0.05) is 42.1 Å². The second kappa shape index (κ2) is 10.0. The van der Waals surface area contributed by atoms with Crippen LogP contribution in [0.2, 0.25) is 0 Å². The predicted molar refractivity (Wildman–Crippen MR) is 119 cm³/mol. The second-order valence-corrected chi connectivity index (χ2v) is 7.93. The Morgan fingerprint density at radius 2 is 1.77 bits per heavy atom. The highest BCUT2D eigenvalue weighted by molar-refractivity contribution is 7.99. The number of Topliss-reactive ketones (excluding diaryl/α,β-unsaturated/α-hetero) is 1. The van der Waals surface area contributed by atoms with Gasteiger partial charge in [0.15, 0.2) is 10.9 Å². The van der Waals surface area contributed by atoms with Crippen molar-refractivity contribution >= 4 is 29.1 Å². The summed E-state index contributed by atoms with van der Waals surface area (Å²) >= 11 is 1.46. The number of ketones is 1. The van der Waals surface area contributed by atoms with Crippen LogP contribution < -0.4 is 10.9 Å². The van der Waals surface area contributed by atoms with Gasteiger partial charge in [0.25, 0.3) is 5.56 Å². The molecule has 0 unspecified atom stereocenters. The highest BCUT2D eigenvalue weighted by atomic mass is 32.2. The van der Waals surface area contributed by atoms with Gasteiger partial charge in [-0.25, -0.2) is 4.98 Å². The summed E-state index contributed by atoms with van der Waals surface area (Å²) in [7, 11) is 0. The predicted octanol–water partition coefficient (Wildman–Crippen LogP) is 3.73. The molecule has 30 heavy (non-hydrogen) atoms. The van der Waals surface area contributed by atoms with Gasteiger partial charge in [0.05, 0.1) is 0 Å². The molecular formula is C23H23N3O3S. The largest absolute Gasteiger partial charge is 0.325 e. The highest BCUT2D eigenvalue weighted by Gasteiger charge is 2.12. The standard InChI is InChI=1S/C23H23N3O3S/c1-16-14-22(29)26(23(24-16)30-13-12-18-6-4-3-5-7-18)15-21(28)25-20-10-8-19(9-11-20)17(2)27/h3-11,14H,12-13,15H2,1-2H3,(H,25,28). The number of hydrogen-bond acceptors (Lipinski definition) is 5. The van der Waals surface area contributed by atoms with Crippen LogP contribution in [0.5, 0.6) is 0 Å². The van der Waals surface area contributed by atoms with Crippen molar-refractivity contribution in [2.24, 2.45) is 0 Å². The lowest BCUT2D eigenvalue weighted by molar-refractivity contribution is -0.116. The van der Waals surface area contributed by atoms with Crippen LogP contribution >= 0.6 is 11.8 Å². The minimum Gasteiger partial charge on any atom is -0.325 e. The van der Waals surface area contributed by atoms with E-state index in [2.05, 4.69) is 22.4 Å². The summed E-state index contributed by atoms with van der Waals surface area (Å²) in [6.45, 7) is 3.12. The van der Waals surface area contributed by atoms with Crippen molar-refractivity contribution in [3.05, 3.63) is 87.8 Å². The molecular weight excluding hydrogens is 398 g/mol. The molecule has 1 heterocycles.